The third-order valence-corrected chi connectivity index (χ3v) is 6.04. The Labute approximate surface area is 172 Å². The number of anilines is 1. The van der Waals surface area contributed by atoms with E-state index in [1.807, 2.05) is 37.3 Å². The first-order chi connectivity index (χ1) is 13.0. The second kappa shape index (κ2) is 9.31. The van der Waals surface area contributed by atoms with Crippen molar-refractivity contribution in [1.82, 2.24) is 0 Å². The minimum Gasteiger partial charge on any atom is -0.481 e. The second-order valence-electron chi connectivity index (χ2n) is 6.08. The van der Waals surface area contributed by atoms with Crippen molar-refractivity contribution in [2.45, 2.75) is 30.6 Å². The average molecular weight is 418 g/mol. The number of aryl methyl sites for hydroxylation is 1. The van der Waals surface area contributed by atoms with Crippen LogP contribution in [-0.4, -0.2) is 12.0 Å². The van der Waals surface area contributed by atoms with Crippen LogP contribution >= 0.6 is 34.7 Å². The number of thiophene rings is 1. The minimum atomic E-state index is -0.625. The summed E-state index contributed by atoms with van der Waals surface area (Å²) in [6, 6.07) is 15.3. The summed E-state index contributed by atoms with van der Waals surface area (Å²) in [5, 5.41) is 7.84. The summed E-state index contributed by atoms with van der Waals surface area (Å²) in [6.45, 7) is 3.65. The molecule has 0 aliphatic carbocycles. The van der Waals surface area contributed by atoms with E-state index >= 15 is 0 Å². The van der Waals surface area contributed by atoms with Gasteiger partial charge < -0.3 is 10.1 Å². The topological polar surface area (TPSA) is 38.3 Å². The summed E-state index contributed by atoms with van der Waals surface area (Å²) in [7, 11) is 0. The first kappa shape index (κ1) is 19.8. The van der Waals surface area contributed by atoms with E-state index in [4.69, 9.17) is 16.3 Å². The summed E-state index contributed by atoms with van der Waals surface area (Å²) in [4.78, 5) is 13.6. The maximum absolute atomic E-state index is 12.6. The molecule has 3 aromatic rings. The number of benzene rings is 2. The molecule has 1 aromatic heterocycles. The lowest BCUT2D eigenvalue weighted by Gasteiger charge is -2.17. The van der Waals surface area contributed by atoms with Gasteiger partial charge in [-0.3, -0.25) is 4.79 Å². The number of hydrogen-bond donors (Lipinski definition) is 1. The van der Waals surface area contributed by atoms with E-state index in [1.165, 1.54) is 5.56 Å². The Hall–Kier alpha value is -1.95. The molecule has 6 heteroatoms. The SMILES string of the molecule is Cc1cc(Cl)ccc1OC(C)C(=O)Nc1ccccc1SCc1ccsc1. The molecule has 1 atom stereocenters. The number of para-hydroxylation sites is 1. The van der Waals surface area contributed by atoms with Crippen LogP contribution in [0.4, 0.5) is 5.69 Å². The fourth-order valence-corrected chi connectivity index (χ4v) is 4.41. The van der Waals surface area contributed by atoms with Crippen LogP contribution in [0.15, 0.2) is 64.2 Å². The Morgan fingerprint density at radius 1 is 1.26 bits per heavy atom. The number of ether oxygens (including phenoxy) is 1. The van der Waals surface area contributed by atoms with Crippen molar-refractivity contribution in [3.8, 4) is 5.75 Å². The third-order valence-electron chi connectivity index (χ3n) is 3.93. The maximum Gasteiger partial charge on any atom is 0.265 e. The number of carbonyl (C=O) groups excluding carboxylic acids is 1. The van der Waals surface area contributed by atoms with Crippen molar-refractivity contribution in [1.29, 1.82) is 0 Å². The molecular formula is C21H20ClNO2S2. The molecule has 1 N–H and O–H groups in total. The third kappa shape index (κ3) is 5.51. The van der Waals surface area contributed by atoms with Crippen molar-refractivity contribution in [2.24, 2.45) is 0 Å². The Kier molecular flexibility index (Phi) is 6.83. The van der Waals surface area contributed by atoms with E-state index in [0.29, 0.717) is 10.8 Å². The standard InChI is InChI=1S/C21H20ClNO2S2/c1-14-11-17(22)7-8-19(14)25-15(2)21(24)23-18-5-3-4-6-20(18)27-13-16-9-10-26-12-16/h3-12,15H,13H2,1-2H3,(H,23,24). The summed E-state index contributed by atoms with van der Waals surface area (Å²) in [5.41, 5.74) is 2.97. The van der Waals surface area contributed by atoms with Crippen LogP contribution in [0.3, 0.4) is 0 Å². The lowest BCUT2D eigenvalue weighted by atomic mass is 10.2. The van der Waals surface area contributed by atoms with Gasteiger partial charge in [0, 0.05) is 15.7 Å². The number of hydrogen-bond acceptors (Lipinski definition) is 4. The van der Waals surface area contributed by atoms with Gasteiger partial charge in [-0.25, -0.2) is 0 Å². The lowest BCUT2D eigenvalue weighted by molar-refractivity contribution is -0.122. The molecule has 0 spiro atoms. The predicted molar refractivity (Wildman–Crippen MR) is 115 cm³/mol. The van der Waals surface area contributed by atoms with E-state index in [9.17, 15) is 4.79 Å². The quantitative estimate of drug-likeness (QED) is 0.451. The largest absolute Gasteiger partial charge is 0.481 e. The molecular weight excluding hydrogens is 398 g/mol. The van der Waals surface area contributed by atoms with Crippen LogP contribution < -0.4 is 10.1 Å². The van der Waals surface area contributed by atoms with E-state index in [-0.39, 0.29) is 5.91 Å². The molecule has 0 saturated heterocycles. The molecule has 27 heavy (non-hydrogen) atoms. The van der Waals surface area contributed by atoms with Gasteiger partial charge in [-0.15, -0.1) is 11.8 Å². The first-order valence-corrected chi connectivity index (χ1v) is 10.8. The fourth-order valence-electron chi connectivity index (χ4n) is 2.46. The van der Waals surface area contributed by atoms with Crippen LogP contribution in [0.2, 0.25) is 5.02 Å². The molecule has 0 aliphatic heterocycles. The van der Waals surface area contributed by atoms with Crippen molar-refractivity contribution in [2.75, 3.05) is 5.32 Å². The number of amides is 1. The Morgan fingerprint density at radius 3 is 2.81 bits per heavy atom. The number of thioether (sulfide) groups is 1. The Bertz CT molecular complexity index is 912. The zero-order valence-electron chi connectivity index (χ0n) is 15.1. The van der Waals surface area contributed by atoms with E-state index < -0.39 is 6.10 Å². The van der Waals surface area contributed by atoms with Gasteiger partial charge in [-0.2, -0.15) is 11.3 Å². The van der Waals surface area contributed by atoms with E-state index in [2.05, 4.69) is 22.1 Å². The van der Waals surface area contributed by atoms with Gasteiger partial charge in [0.05, 0.1) is 5.69 Å². The molecule has 3 rings (SSSR count). The molecule has 140 valence electrons. The van der Waals surface area contributed by atoms with Gasteiger partial charge in [0.25, 0.3) is 5.91 Å². The highest BCUT2D eigenvalue weighted by atomic mass is 35.5. The predicted octanol–water partition coefficient (Wildman–Crippen LogP) is 6.41. The molecule has 1 heterocycles. The molecule has 1 unspecified atom stereocenters. The lowest BCUT2D eigenvalue weighted by Crippen LogP contribution is -2.30. The highest BCUT2D eigenvalue weighted by Crippen LogP contribution is 2.30. The number of rotatable bonds is 7. The van der Waals surface area contributed by atoms with Gasteiger partial charge in [0.2, 0.25) is 0 Å². The molecule has 0 bridgehead atoms. The summed E-state index contributed by atoms with van der Waals surface area (Å²) >= 11 is 9.36. The molecule has 3 nitrogen and oxygen atoms in total. The van der Waals surface area contributed by atoms with Crippen LogP contribution in [-0.2, 0) is 10.5 Å². The van der Waals surface area contributed by atoms with Crippen molar-refractivity contribution in [3.63, 3.8) is 0 Å². The summed E-state index contributed by atoms with van der Waals surface area (Å²) in [6.07, 6.45) is -0.625. The van der Waals surface area contributed by atoms with E-state index in [0.717, 1.165) is 21.9 Å². The van der Waals surface area contributed by atoms with Gasteiger partial charge in [-0.05, 0) is 72.1 Å². The number of nitrogens with one attached hydrogen (secondary N) is 1. The molecule has 0 radical (unpaired) electrons. The molecule has 2 aromatic carbocycles. The highest BCUT2D eigenvalue weighted by molar-refractivity contribution is 7.98. The molecule has 0 aliphatic rings. The van der Waals surface area contributed by atoms with Crippen LogP contribution in [0.5, 0.6) is 5.75 Å². The summed E-state index contributed by atoms with van der Waals surface area (Å²) < 4.78 is 5.82. The second-order valence-corrected chi connectivity index (χ2v) is 8.31. The van der Waals surface area contributed by atoms with Crippen molar-refractivity contribution >= 4 is 46.3 Å². The monoisotopic (exact) mass is 417 g/mol. The molecule has 0 saturated carbocycles. The first-order valence-electron chi connectivity index (χ1n) is 8.49. The van der Waals surface area contributed by atoms with Gasteiger partial charge >= 0.3 is 0 Å². The van der Waals surface area contributed by atoms with Gasteiger partial charge in [0.15, 0.2) is 6.10 Å². The molecule has 0 fully saturated rings. The van der Waals surface area contributed by atoms with Crippen LogP contribution in [0, 0.1) is 6.92 Å². The Morgan fingerprint density at radius 2 is 2.07 bits per heavy atom. The van der Waals surface area contributed by atoms with Crippen molar-refractivity contribution in [3.05, 3.63) is 75.4 Å². The zero-order valence-corrected chi connectivity index (χ0v) is 17.5. The van der Waals surface area contributed by atoms with E-state index in [1.54, 1.807) is 42.2 Å². The fraction of sp³-hybridized carbons (Fsp3) is 0.190. The van der Waals surface area contributed by atoms with Gasteiger partial charge in [0.1, 0.15) is 5.75 Å². The molecule has 1 amide bonds. The highest BCUT2D eigenvalue weighted by Gasteiger charge is 2.17. The van der Waals surface area contributed by atoms with Crippen LogP contribution in [0.25, 0.3) is 0 Å². The smallest absolute Gasteiger partial charge is 0.265 e. The number of halogens is 1. The number of carbonyl (C=O) groups is 1. The van der Waals surface area contributed by atoms with Gasteiger partial charge in [-0.1, -0.05) is 23.7 Å². The average Bonchev–Trinajstić information content (AvgIpc) is 3.17. The van der Waals surface area contributed by atoms with Crippen LogP contribution in [0.1, 0.15) is 18.1 Å². The Balaban J connectivity index is 1.64. The van der Waals surface area contributed by atoms with Crippen molar-refractivity contribution < 1.29 is 9.53 Å². The maximum atomic E-state index is 12.6. The minimum absolute atomic E-state index is 0.187. The zero-order chi connectivity index (χ0) is 19.2. The summed E-state index contributed by atoms with van der Waals surface area (Å²) in [5.74, 6) is 1.34. The normalized spacial score (nSPS) is 11.8.